The molecule has 1 amide bonds. The minimum absolute atomic E-state index is 0.0883. The van der Waals surface area contributed by atoms with Gasteiger partial charge in [-0.15, -0.1) is 0 Å². The number of nitrogens with one attached hydrogen (secondary N) is 2. The van der Waals surface area contributed by atoms with Crippen molar-refractivity contribution in [1.29, 1.82) is 0 Å². The lowest BCUT2D eigenvalue weighted by molar-refractivity contribution is -0.156. The molecule has 3 rings (SSSR count). The molecule has 26 heavy (non-hydrogen) atoms. The normalized spacial score (nSPS) is 24.8. The van der Waals surface area contributed by atoms with Gasteiger partial charge in [0.1, 0.15) is 0 Å². The summed E-state index contributed by atoms with van der Waals surface area (Å²) in [7, 11) is 0. The molecule has 1 atom stereocenters. The molecule has 0 aromatic heterocycles. The summed E-state index contributed by atoms with van der Waals surface area (Å²) in [6.07, 6.45) is 5.70. The van der Waals surface area contributed by atoms with Crippen molar-refractivity contribution in [3.05, 3.63) is 35.9 Å². The fraction of sp³-hybridized carbons (Fsp3) is 0.667. The third kappa shape index (κ3) is 5.29. The summed E-state index contributed by atoms with van der Waals surface area (Å²) in [6.45, 7) is 4.92. The number of aryl methyl sites for hydroxylation is 1. The molecule has 144 valence electrons. The van der Waals surface area contributed by atoms with E-state index >= 15 is 0 Å². The van der Waals surface area contributed by atoms with Crippen molar-refractivity contribution in [2.45, 2.75) is 44.1 Å². The minimum Gasteiger partial charge on any atom is -0.379 e. The molecule has 2 aliphatic rings. The molecule has 5 heteroatoms. The van der Waals surface area contributed by atoms with Crippen LogP contribution >= 0.6 is 0 Å². The minimum atomic E-state index is -1.22. The number of carbonyl (C=O) groups is 1. The molecule has 1 aromatic carbocycles. The number of carbonyl (C=O) groups excluding carboxylic acids is 1. The van der Waals surface area contributed by atoms with Crippen molar-refractivity contribution in [1.82, 2.24) is 15.5 Å². The van der Waals surface area contributed by atoms with Gasteiger partial charge in [-0.2, -0.15) is 0 Å². The standard InChI is InChI=1S/C21H33N3O2/c25-20-21(26,17-23-16-19-9-12-22-13-10-19)11-5-15-24(20)14-4-8-18-6-2-1-3-7-18/h1-3,6-7,19,22-23,26H,4-5,8-17H2. The number of nitrogens with zero attached hydrogens (tertiary/aromatic N) is 1. The molecular weight excluding hydrogens is 326 g/mol. The first-order valence-electron chi connectivity index (χ1n) is 10.1. The van der Waals surface area contributed by atoms with Crippen LogP contribution in [-0.2, 0) is 11.2 Å². The van der Waals surface area contributed by atoms with Crippen molar-refractivity contribution in [2.24, 2.45) is 5.92 Å². The zero-order valence-corrected chi connectivity index (χ0v) is 15.8. The highest BCUT2D eigenvalue weighted by atomic mass is 16.3. The summed E-state index contributed by atoms with van der Waals surface area (Å²) >= 11 is 0. The molecule has 1 aromatic rings. The lowest BCUT2D eigenvalue weighted by Crippen LogP contribution is -2.58. The van der Waals surface area contributed by atoms with Gasteiger partial charge in [0.05, 0.1) is 0 Å². The number of piperidine rings is 2. The van der Waals surface area contributed by atoms with Gasteiger partial charge in [0, 0.05) is 19.6 Å². The average Bonchev–Trinajstić information content (AvgIpc) is 2.67. The quantitative estimate of drug-likeness (QED) is 0.659. The second-order valence-electron chi connectivity index (χ2n) is 7.84. The first kappa shape index (κ1) is 19.3. The molecule has 0 aliphatic carbocycles. The Bertz CT molecular complexity index is 560. The van der Waals surface area contributed by atoms with Crippen LogP contribution in [0.1, 0.15) is 37.7 Å². The van der Waals surface area contributed by atoms with Crippen LogP contribution in [0.2, 0.25) is 0 Å². The van der Waals surface area contributed by atoms with E-state index in [1.165, 1.54) is 18.4 Å². The monoisotopic (exact) mass is 359 g/mol. The second kappa shape index (κ2) is 9.49. The number of likely N-dealkylation sites (tertiary alicyclic amines) is 1. The maximum absolute atomic E-state index is 12.8. The molecule has 0 radical (unpaired) electrons. The van der Waals surface area contributed by atoms with Crippen LogP contribution in [0.3, 0.4) is 0 Å². The van der Waals surface area contributed by atoms with E-state index < -0.39 is 5.60 Å². The van der Waals surface area contributed by atoms with Crippen molar-refractivity contribution in [2.75, 3.05) is 39.3 Å². The predicted octanol–water partition coefficient (Wildman–Crippen LogP) is 1.56. The van der Waals surface area contributed by atoms with E-state index in [2.05, 4.69) is 22.8 Å². The van der Waals surface area contributed by atoms with E-state index in [9.17, 15) is 9.90 Å². The van der Waals surface area contributed by atoms with Crippen LogP contribution in [0.25, 0.3) is 0 Å². The van der Waals surface area contributed by atoms with Crippen molar-refractivity contribution in [3.8, 4) is 0 Å². The van der Waals surface area contributed by atoms with Gasteiger partial charge in [0.25, 0.3) is 5.91 Å². The van der Waals surface area contributed by atoms with Gasteiger partial charge in [-0.1, -0.05) is 30.3 Å². The van der Waals surface area contributed by atoms with Crippen molar-refractivity contribution < 1.29 is 9.90 Å². The highest BCUT2D eigenvalue weighted by molar-refractivity contribution is 5.86. The van der Waals surface area contributed by atoms with E-state index in [1.54, 1.807) is 0 Å². The first-order chi connectivity index (χ1) is 12.7. The molecular formula is C21H33N3O2. The number of amides is 1. The third-order valence-electron chi connectivity index (χ3n) is 5.75. The van der Waals surface area contributed by atoms with Crippen LogP contribution in [0.15, 0.2) is 30.3 Å². The zero-order valence-electron chi connectivity index (χ0n) is 15.8. The van der Waals surface area contributed by atoms with E-state index in [1.807, 2.05) is 23.1 Å². The number of rotatable bonds is 8. The number of benzene rings is 1. The highest BCUT2D eigenvalue weighted by Gasteiger charge is 2.41. The fourth-order valence-corrected chi connectivity index (χ4v) is 4.13. The maximum Gasteiger partial charge on any atom is 0.255 e. The molecule has 3 N–H and O–H groups in total. The molecule has 0 bridgehead atoms. The Morgan fingerprint density at radius 3 is 2.77 bits per heavy atom. The summed E-state index contributed by atoms with van der Waals surface area (Å²) in [6, 6.07) is 10.4. The van der Waals surface area contributed by atoms with E-state index in [4.69, 9.17) is 0 Å². The molecule has 0 saturated carbocycles. The summed E-state index contributed by atoms with van der Waals surface area (Å²) in [5.74, 6) is 0.565. The van der Waals surface area contributed by atoms with E-state index in [0.717, 1.165) is 52.0 Å². The Balaban J connectivity index is 1.43. The van der Waals surface area contributed by atoms with Crippen LogP contribution in [0.5, 0.6) is 0 Å². The largest absolute Gasteiger partial charge is 0.379 e. The van der Waals surface area contributed by atoms with Gasteiger partial charge in [0.2, 0.25) is 0 Å². The van der Waals surface area contributed by atoms with Gasteiger partial charge < -0.3 is 20.6 Å². The van der Waals surface area contributed by atoms with E-state index in [0.29, 0.717) is 18.9 Å². The van der Waals surface area contributed by atoms with Gasteiger partial charge in [-0.25, -0.2) is 0 Å². The molecule has 0 spiro atoms. The van der Waals surface area contributed by atoms with Gasteiger partial charge in [-0.3, -0.25) is 4.79 Å². The first-order valence-corrected chi connectivity index (χ1v) is 10.1. The Hall–Kier alpha value is -1.43. The number of hydrogen-bond donors (Lipinski definition) is 3. The lowest BCUT2D eigenvalue weighted by Gasteiger charge is -2.38. The summed E-state index contributed by atoms with van der Waals surface area (Å²) in [5.41, 5.74) is 0.0774. The lowest BCUT2D eigenvalue weighted by atomic mass is 9.90. The van der Waals surface area contributed by atoms with Gasteiger partial charge >= 0.3 is 0 Å². The topological polar surface area (TPSA) is 64.6 Å². The van der Waals surface area contributed by atoms with Crippen LogP contribution in [-0.4, -0.2) is 60.8 Å². The number of aliphatic hydroxyl groups is 1. The molecule has 2 heterocycles. The second-order valence-corrected chi connectivity index (χ2v) is 7.84. The van der Waals surface area contributed by atoms with Crippen molar-refractivity contribution in [3.63, 3.8) is 0 Å². The number of hydrogen-bond acceptors (Lipinski definition) is 4. The van der Waals surface area contributed by atoms with Crippen LogP contribution in [0, 0.1) is 5.92 Å². The zero-order chi connectivity index (χ0) is 18.2. The van der Waals surface area contributed by atoms with Crippen LogP contribution in [0.4, 0.5) is 0 Å². The fourth-order valence-electron chi connectivity index (χ4n) is 4.13. The Labute approximate surface area is 157 Å². The average molecular weight is 360 g/mol. The summed E-state index contributed by atoms with van der Waals surface area (Å²) in [4.78, 5) is 14.7. The molecule has 1 unspecified atom stereocenters. The van der Waals surface area contributed by atoms with Crippen LogP contribution < -0.4 is 10.6 Å². The Morgan fingerprint density at radius 1 is 1.23 bits per heavy atom. The molecule has 2 aliphatic heterocycles. The summed E-state index contributed by atoms with van der Waals surface area (Å²) in [5, 5.41) is 17.6. The summed E-state index contributed by atoms with van der Waals surface area (Å²) < 4.78 is 0. The SMILES string of the molecule is O=C1N(CCCc2ccccc2)CCCC1(O)CNCC1CCNCC1. The highest BCUT2D eigenvalue weighted by Crippen LogP contribution is 2.23. The van der Waals surface area contributed by atoms with Gasteiger partial charge in [-0.05, 0) is 69.6 Å². The van der Waals surface area contributed by atoms with Gasteiger partial charge in [0.15, 0.2) is 5.60 Å². The van der Waals surface area contributed by atoms with E-state index in [-0.39, 0.29) is 5.91 Å². The molecule has 5 nitrogen and oxygen atoms in total. The maximum atomic E-state index is 12.8. The molecule has 2 saturated heterocycles. The van der Waals surface area contributed by atoms with Crippen molar-refractivity contribution >= 4 is 5.91 Å². The Kier molecular flexibility index (Phi) is 7.06. The molecule has 2 fully saturated rings. The Morgan fingerprint density at radius 2 is 2.00 bits per heavy atom. The smallest absolute Gasteiger partial charge is 0.255 e. The predicted molar refractivity (Wildman–Crippen MR) is 104 cm³/mol. The third-order valence-corrected chi connectivity index (χ3v) is 5.75.